The Bertz CT molecular complexity index is 604. The standard InChI is InChI=1S/C19H26N2O4/c1-3-17(22)14-5-7-16(8-6-14)25-13-18(23)21-11-9-15(10-12-21)19(24)20-4-2/h5-8,15H,3-4,9-13H2,1-2H3,(H,20,24). The van der Waals surface area contributed by atoms with Gasteiger partial charge < -0.3 is 15.0 Å². The van der Waals surface area contributed by atoms with Crippen molar-refractivity contribution in [1.82, 2.24) is 10.2 Å². The maximum atomic E-state index is 12.2. The first kappa shape index (κ1) is 19.0. The van der Waals surface area contributed by atoms with E-state index in [9.17, 15) is 14.4 Å². The van der Waals surface area contributed by atoms with Gasteiger partial charge in [0.2, 0.25) is 5.91 Å². The van der Waals surface area contributed by atoms with Crippen LogP contribution in [0.5, 0.6) is 5.75 Å². The second-order valence-electron chi connectivity index (χ2n) is 6.14. The number of piperidine rings is 1. The van der Waals surface area contributed by atoms with Gasteiger partial charge in [-0.25, -0.2) is 0 Å². The first-order valence-electron chi connectivity index (χ1n) is 8.86. The normalized spacial score (nSPS) is 14.9. The van der Waals surface area contributed by atoms with Gasteiger partial charge in [0.25, 0.3) is 5.91 Å². The number of nitrogens with one attached hydrogen (secondary N) is 1. The van der Waals surface area contributed by atoms with E-state index in [2.05, 4.69) is 5.32 Å². The van der Waals surface area contributed by atoms with Crippen LogP contribution in [0.2, 0.25) is 0 Å². The van der Waals surface area contributed by atoms with E-state index in [-0.39, 0.29) is 30.1 Å². The zero-order valence-electron chi connectivity index (χ0n) is 14.9. The molecule has 1 aliphatic rings. The Labute approximate surface area is 148 Å². The molecule has 1 N–H and O–H groups in total. The summed E-state index contributed by atoms with van der Waals surface area (Å²) in [4.78, 5) is 37.4. The molecular weight excluding hydrogens is 320 g/mol. The number of ether oxygens (including phenoxy) is 1. The lowest BCUT2D eigenvalue weighted by molar-refractivity contribution is -0.137. The Hall–Kier alpha value is -2.37. The number of carbonyl (C=O) groups excluding carboxylic acids is 3. The Balaban J connectivity index is 1.77. The van der Waals surface area contributed by atoms with Gasteiger partial charge in [-0.15, -0.1) is 0 Å². The van der Waals surface area contributed by atoms with Crippen molar-refractivity contribution in [3.05, 3.63) is 29.8 Å². The van der Waals surface area contributed by atoms with E-state index in [0.29, 0.717) is 50.2 Å². The third-order valence-electron chi connectivity index (χ3n) is 4.43. The minimum atomic E-state index is -0.0805. The molecule has 25 heavy (non-hydrogen) atoms. The van der Waals surface area contributed by atoms with Crippen molar-refractivity contribution in [2.24, 2.45) is 5.92 Å². The lowest BCUT2D eigenvalue weighted by Gasteiger charge is -2.31. The minimum absolute atomic E-state index is 0.00596. The zero-order chi connectivity index (χ0) is 18.2. The van der Waals surface area contributed by atoms with Gasteiger partial charge in [-0.05, 0) is 44.0 Å². The number of Topliss-reactive ketones (excluding diaryl/α,β-unsaturated/α-hetero) is 1. The number of likely N-dealkylation sites (tertiary alicyclic amines) is 1. The summed E-state index contributed by atoms with van der Waals surface area (Å²) in [7, 11) is 0. The summed E-state index contributed by atoms with van der Waals surface area (Å²) >= 11 is 0. The summed E-state index contributed by atoms with van der Waals surface area (Å²) in [5, 5.41) is 2.83. The number of ketones is 1. The predicted octanol–water partition coefficient (Wildman–Crippen LogP) is 2.03. The SMILES string of the molecule is CCNC(=O)C1CCN(C(=O)COc2ccc(C(=O)CC)cc2)CC1. The molecule has 0 spiro atoms. The van der Waals surface area contributed by atoms with Gasteiger partial charge in [0, 0.05) is 37.5 Å². The highest BCUT2D eigenvalue weighted by atomic mass is 16.5. The van der Waals surface area contributed by atoms with Crippen LogP contribution in [0.1, 0.15) is 43.5 Å². The molecule has 0 unspecified atom stereocenters. The number of carbonyl (C=O) groups is 3. The van der Waals surface area contributed by atoms with Gasteiger partial charge in [0.1, 0.15) is 5.75 Å². The fraction of sp³-hybridized carbons (Fsp3) is 0.526. The smallest absolute Gasteiger partial charge is 0.260 e. The first-order chi connectivity index (χ1) is 12.0. The monoisotopic (exact) mass is 346 g/mol. The highest BCUT2D eigenvalue weighted by molar-refractivity contribution is 5.95. The first-order valence-corrected chi connectivity index (χ1v) is 8.86. The molecule has 2 rings (SSSR count). The summed E-state index contributed by atoms with van der Waals surface area (Å²) in [6.07, 6.45) is 1.84. The van der Waals surface area contributed by atoms with E-state index in [1.165, 1.54) is 0 Å². The highest BCUT2D eigenvalue weighted by Crippen LogP contribution is 2.18. The van der Waals surface area contributed by atoms with Gasteiger partial charge in [-0.3, -0.25) is 14.4 Å². The van der Waals surface area contributed by atoms with Crippen LogP contribution in [0.25, 0.3) is 0 Å². The Morgan fingerprint density at radius 3 is 2.32 bits per heavy atom. The lowest BCUT2D eigenvalue weighted by Crippen LogP contribution is -2.44. The summed E-state index contributed by atoms with van der Waals surface area (Å²) < 4.78 is 5.52. The molecule has 6 nitrogen and oxygen atoms in total. The summed E-state index contributed by atoms with van der Waals surface area (Å²) in [5.74, 6) is 0.639. The van der Waals surface area contributed by atoms with Crippen molar-refractivity contribution in [3.63, 3.8) is 0 Å². The number of hydrogen-bond donors (Lipinski definition) is 1. The Kier molecular flexibility index (Phi) is 6.98. The summed E-state index contributed by atoms with van der Waals surface area (Å²) in [6.45, 7) is 5.47. The maximum absolute atomic E-state index is 12.2. The van der Waals surface area contributed by atoms with Crippen molar-refractivity contribution in [2.45, 2.75) is 33.1 Å². The van der Waals surface area contributed by atoms with Crippen molar-refractivity contribution in [3.8, 4) is 5.75 Å². The number of rotatable bonds is 7. The third-order valence-corrected chi connectivity index (χ3v) is 4.43. The van der Waals surface area contributed by atoms with E-state index in [1.54, 1.807) is 29.2 Å². The van der Waals surface area contributed by atoms with Crippen LogP contribution >= 0.6 is 0 Å². The molecule has 1 heterocycles. The summed E-state index contributed by atoms with van der Waals surface area (Å²) in [5.41, 5.74) is 0.647. The highest BCUT2D eigenvalue weighted by Gasteiger charge is 2.27. The molecule has 6 heteroatoms. The quantitative estimate of drug-likeness (QED) is 0.767. The lowest BCUT2D eigenvalue weighted by atomic mass is 9.96. The van der Waals surface area contributed by atoms with Crippen LogP contribution < -0.4 is 10.1 Å². The molecule has 0 saturated carbocycles. The van der Waals surface area contributed by atoms with Crippen LogP contribution in [0, 0.1) is 5.92 Å². The number of benzene rings is 1. The van der Waals surface area contributed by atoms with Crippen molar-refractivity contribution in [1.29, 1.82) is 0 Å². The summed E-state index contributed by atoms with van der Waals surface area (Å²) in [6, 6.07) is 6.84. The fourth-order valence-corrected chi connectivity index (χ4v) is 2.89. The third kappa shape index (κ3) is 5.31. The molecule has 1 saturated heterocycles. The average molecular weight is 346 g/mol. The second-order valence-corrected chi connectivity index (χ2v) is 6.14. The van der Waals surface area contributed by atoms with E-state index >= 15 is 0 Å². The van der Waals surface area contributed by atoms with Crippen LogP contribution in [0.4, 0.5) is 0 Å². The average Bonchev–Trinajstić information content (AvgIpc) is 2.66. The molecule has 0 bridgehead atoms. The molecule has 0 aromatic heterocycles. The molecule has 1 aromatic rings. The van der Waals surface area contributed by atoms with Gasteiger partial charge in [-0.1, -0.05) is 6.92 Å². The predicted molar refractivity (Wildman–Crippen MR) is 94.5 cm³/mol. The Morgan fingerprint density at radius 2 is 1.76 bits per heavy atom. The number of amides is 2. The molecule has 1 aromatic carbocycles. The Morgan fingerprint density at radius 1 is 1.12 bits per heavy atom. The van der Waals surface area contributed by atoms with Crippen LogP contribution in [-0.2, 0) is 9.59 Å². The fourth-order valence-electron chi connectivity index (χ4n) is 2.89. The van der Waals surface area contributed by atoms with E-state index in [0.717, 1.165) is 0 Å². The molecule has 0 aliphatic carbocycles. The van der Waals surface area contributed by atoms with Crippen LogP contribution in [0.3, 0.4) is 0 Å². The molecule has 0 radical (unpaired) electrons. The van der Waals surface area contributed by atoms with E-state index in [4.69, 9.17) is 4.74 Å². The molecule has 136 valence electrons. The number of nitrogens with zero attached hydrogens (tertiary/aromatic N) is 1. The zero-order valence-corrected chi connectivity index (χ0v) is 14.9. The van der Waals surface area contributed by atoms with E-state index < -0.39 is 0 Å². The maximum Gasteiger partial charge on any atom is 0.260 e. The minimum Gasteiger partial charge on any atom is -0.484 e. The van der Waals surface area contributed by atoms with Gasteiger partial charge >= 0.3 is 0 Å². The largest absolute Gasteiger partial charge is 0.484 e. The van der Waals surface area contributed by atoms with Gasteiger partial charge in [0.05, 0.1) is 0 Å². The van der Waals surface area contributed by atoms with Crippen molar-refractivity contribution in [2.75, 3.05) is 26.2 Å². The van der Waals surface area contributed by atoms with Gasteiger partial charge in [0.15, 0.2) is 12.4 Å². The topological polar surface area (TPSA) is 75.7 Å². The van der Waals surface area contributed by atoms with Crippen LogP contribution in [-0.4, -0.2) is 48.7 Å². The van der Waals surface area contributed by atoms with Gasteiger partial charge in [-0.2, -0.15) is 0 Å². The van der Waals surface area contributed by atoms with Crippen LogP contribution in [0.15, 0.2) is 24.3 Å². The molecule has 2 amide bonds. The molecular formula is C19H26N2O4. The molecule has 0 atom stereocenters. The van der Waals surface area contributed by atoms with E-state index in [1.807, 2.05) is 13.8 Å². The molecule has 1 fully saturated rings. The van der Waals surface area contributed by atoms with Crippen molar-refractivity contribution < 1.29 is 19.1 Å². The number of hydrogen-bond acceptors (Lipinski definition) is 4. The van der Waals surface area contributed by atoms with Crippen molar-refractivity contribution >= 4 is 17.6 Å². The second kappa shape index (κ2) is 9.20. The molecule has 1 aliphatic heterocycles.